The first-order chi connectivity index (χ1) is 7.06. The number of ether oxygens (including phenoxy) is 1. The lowest BCUT2D eigenvalue weighted by Crippen LogP contribution is -2.39. The zero-order chi connectivity index (χ0) is 10.9. The molecular weight excluding hydrogens is 214 g/mol. The van der Waals surface area contributed by atoms with E-state index in [0.29, 0.717) is 18.7 Å². The van der Waals surface area contributed by atoms with Crippen LogP contribution < -0.4 is 5.32 Å². The lowest BCUT2D eigenvalue weighted by Gasteiger charge is -2.19. The molecule has 2 atom stereocenters. The minimum absolute atomic E-state index is 0.223. The van der Waals surface area contributed by atoms with Gasteiger partial charge in [-0.05, 0) is 25.2 Å². The molecule has 2 rings (SSSR count). The smallest absolute Gasteiger partial charge is 0.148 e. The Balaban J connectivity index is 1.74. The van der Waals surface area contributed by atoms with Crippen LogP contribution in [0.5, 0.6) is 0 Å². The van der Waals surface area contributed by atoms with Crippen LogP contribution in [-0.4, -0.2) is 45.7 Å². The van der Waals surface area contributed by atoms with Gasteiger partial charge in [-0.3, -0.25) is 0 Å². The molecule has 1 N–H and O–H groups in total. The molecule has 0 aromatic heterocycles. The largest absolute Gasteiger partial charge is 0.376 e. The number of hydrogen-bond donors (Lipinski definition) is 1. The van der Waals surface area contributed by atoms with Crippen LogP contribution in [0.25, 0.3) is 0 Å². The molecule has 88 valence electrons. The highest BCUT2D eigenvalue weighted by molar-refractivity contribution is 7.90. The van der Waals surface area contributed by atoms with Crippen LogP contribution in [0.1, 0.15) is 19.3 Å². The summed E-state index contributed by atoms with van der Waals surface area (Å²) in [5.41, 5.74) is 0. The van der Waals surface area contributed by atoms with E-state index >= 15 is 0 Å². The number of rotatable bonds is 5. The summed E-state index contributed by atoms with van der Waals surface area (Å²) in [6.07, 6.45) is 5.18. The molecule has 5 heteroatoms. The second kappa shape index (κ2) is 4.39. The molecule has 0 radical (unpaired) electrons. The zero-order valence-electron chi connectivity index (χ0n) is 9.11. The van der Waals surface area contributed by atoms with E-state index in [1.807, 2.05) is 0 Å². The van der Waals surface area contributed by atoms with Crippen molar-refractivity contribution in [2.24, 2.45) is 5.92 Å². The predicted molar refractivity (Wildman–Crippen MR) is 58.6 cm³/mol. The van der Waals surface area contributed by atoms with E-state index in [2.05, 4.69) is 5.32 Å². The Kier molecular flexibility index (Phi) is 3.33. The van der Waals surface area contributed by atoms with Crippen molar-refractivity contribution in [1.82, 2.24) is 5.32 Å². The highest BCUT2D eigenvalue weighted by Crippen LogP contribution is 2.38. The Hall–Kier alpha value is -0.130. The molecule has 0 aromatic rings. The molecule has 1 saturated carbocycles. The molecule has 1 aliphatic heterocycles. The molecule has 2 unspecified atom stereocenters. The topological polar surface area (TPSA) is 55.4 Å². The molecule has 0 amide bonds. The second-order valence-electron chi connectivity index (χ2n) is 4.65. The zero-order valence-corrected chi connectivity index (χ0v) is 9.92. The summed E-state index contributed by atoms with van der Waals surface area (Å²) in [6.45, 7) is 1.37. The van der Waals surface area contributed by atoms with E-state index in [1.54, 1.807) is 0 Å². The van der Waals surface area contributed by atoms with Crippen LogP contribution >= 0.6 is 0 Å². The molecule has 0 bridgehead atoms. The standard InChI is InChI=1S/C10H19NO3S/c1-15(12,13)7-5-11-9-4-6-14-10(9)8-2-3-8/h8-11H,2-7H2,1H3. The third-order valence-corrected chi connectivity index (χ3v) is 4.05. The van der Waals surface area contributed by atoms with Gasteiger partial charge in [0.2, 0.25) is 0 Å². The highest BCUT2D eigenvalue weighted by atomic mass is 32.2. The molecule has 4 nitrogen and oxygen atoms in total. The molecule has 2 aliphatic rings. The summed E-state index contributed by atoms with van der Waals surface area (Å²) in [4.78, 5) is 0. The molecule has 1 heterocycles. The van der Waals surface area contributed by atoms with Crippen molar-refractivity contribution >= 4 is 9.84 Å². The lowest BCUT2D eigenvalue weighted by atomic mass is 10.1. The first kappa shape index (κ1) is 11.4. The van der Waals surface area contributed by atoms with Crippen molar-refractivity contribution in [3.05, 3.63) is 0 Å². The molecule has 0 aromatic carbocycles. The Morgan fingerprint density at radius 2 is 2.07 bits per heavy atom. The Labute approximate surface area is 91.3 Å². The van der Waals surface area contributed by atoms with Gasteiger partial charge in [-0.2, -0.15) is 0 Å². The maximum absolute atomic E-state index is 11.0. The quantitative estimate of drug-likeness (QED) is 0.736. The first-order valence-electron chi connectivity index (χ1n) is 5.59. The normalized spacial score (nSPS) is 32.1. The van der Waals surface area contributed by atoms with Gasteiger partial charge >= 0.3 is 0 Å². The monoisotopic (exact) mass is 233 g/mol. The molecular formula is C10H19NO3S. The van der Waals surface area contributed by atoms with Crippen molar-refractivity contribution in [1.29, 1.82) is 0 Å². The minimum atomic E-state index is -2.84. The van der Waals surface area contributed by atoms with Crippen LogP contribution in [0.15, 0.2) is 0 Å². The fourth-order valence-corrected chi connectivity index (χ4v) is 2.64. The maximum atomic E-state index is 11.0. The van der Waals surface area contributed by atoms with E-state index in [-0.39, 0.29) is 5.75 Å². The number of hydrogen-bond acceptors (Lipinski definition) is 4. The lowest BCUT2D eigenvalue weighted by molar-refractivity contribution is 0.0815. The van der Waals surface area contributed by atoms with Gasteiger partial charge in [0.15, 0.2) is 0 Å². The van der Waals surface area contributed by atoms with E-state index in [0.717, 1.165) is 18.9 Å². The number of nitrogens with one attached hydrogen (secondary N) is 1. The van der Waals surface area contributed by atoms with Crippen molar-refractivity contribution in [2.45, 2.75) is 31.4 Å². The Morgan fingerprint density at radius 1 is 1.33 bits per heavy atom. The van der Waals surface area contributed by atoms with Gasteiger partial charge in [-0.25, -0.2) is 8.42 Å². The first-order valence-corrected chi connectivity index (χ1v) is 7.65. The SMILES string of the molecule is CS(=O)(=O)CCNC1CCOC1C1CC1. The van der Waals surface area contributed by atoms with Gasteiger partial charge < -0.3 is 10.1 Å². The number of sulfone groups is 1. The van der Waals surface area contributed by atoms with E-state index < -0.39 is 9.84 Å². The van der Waals surface area contributed by atoms with Gasteiger partial charge in [0.05, 0.1) is 11.9 Å². The Bertz CT molecular complexity index is 311. The van der Waals surface area contributed by atoms with Crippen molar-refractivity contribution < 1.29 is 13.2 Å². The summed E-state index contributed by atoms with van der Waals surface area (Å²) >= 11 is 0. The van der Waals surface area contributed by atoms with Crippen molar-refractivity contribution in [2.75, 3.05) is 25.2 Å². The molecule has 1 aliphatic carbocycles. The summed E-state index contributed by atoms with van der Waals surface area (Å²) < 4.78 is 27.6. The Morgan fingerprint density at radius 3 is 2.67 bits per heavy atom. The van der Waals surface area contributed by atoms with Gasteiger partial charge in [-0.1, -0.05) is 0 Å². The van der Waals surface area contributed by atoms with E-state index in [4.69, 9.17) is 4.74 Å². The minimum Gasteiger partial charge on any atom is -0.376 e. The van der Waals surface area contributed by atoms with Crippen LogP contribution in [0, 0.1) is 5.92 Å². The summed E-state index contributed by atoms with van der Waals surface area (Å²) in [7, 11) is -2.84. The molecule has 1 saturated heterocycles. The second-order valence-corrected chi connectivity index (χ2v) is 6.91. The van der Waals surface area contributed by atoms with Crippen LogP contribution in [-0.2, 0) is 14.6 Å². The van der Waals surface area contributed by atoms with E-state index in [9.17, 15) is 8.42 Å². The average molecular weight is 233 g/mol. The highest BCUT2D eigenvalue weighted by Gasteiger charge is 2.40. The third-order valence-electron chi connectivity index (χ3n) is 3.10. The fraction of sp³-hybridized carbons (Fsp3) is 1.00. The van der Waals surface area contributed by atoms with Gasteiger partial charge in [-0.15, -0.1) is 0 Å². The van der Waals surface area contributed by atoms with Crippen molar-refractivity contribution in [3.63, 3.8) is 0 Å². The van der Waals surface area contributed by atoms with Crippen LogP contribution in [0.2, 0.25) is 0 Å². The van der Waals surface area contributed by atoms with Gasteiger partial charge in [0, 0.05) is 25.4 Å². The molecule has 0 spiro atoms. The van der Waals surface area contributed by atoms with E-state index in [1.165, 1.54) is 19.1 Å². The summed E-state index contributed by atoms with van der Waals surface area (Å²) in [6, 6.07) is 0.374. The average Bonchev–Trinajstić information content (AvgIpc) is 2.86. The van der Waals surface area contributed by atoms with Crippen molar-refractivity contribution in [3.8, 4) is 0 Å². The summed E-state index contributed by atoms with van der Waals surface area (Å²) in [5, 5.41) is 3.31. The van der Waals surface area contributed by atoms with Crippen LogP contribution in [0.4, 0.5) is 0 Å². The third kappa shape index (κ3) is 3.43. The predicted octanol–water partition coefficient (Wildman–Crippen LogP) is 0.188. The fourth-order valence-electron chi connectivity index (χ4n) is 2.15. The maximum Gasteiger partial charge on any atom is 0.148 e. The van der Waals surface area contributed by atoms with Crippen LogP contribution in [0.3, 0.4) is 0 Å². The van der Waals surface area contributed by atoms with Gasteiger partial charge in [0.1, 0.15) is 9.84 Å². The molecule has 15 heavy (non-hydrogen) atoms. The summed E-state index contributed by atoms with van der Waals surface area (Å²) in [5.74, 6) is 0.948. The van der Waals surface area contributed by atoms with Gasteiger partial charge in [0.25, 0.3) is 0 Å². The molecule has 2 fully saturated rings.